The predicted octanol–water partition coefficient (Wildman–Crippen LogP) is 1.96. The highest BCUT2D eigenvalue weighted by atomic mass is 16.5. The first-order valence-corrected chi connectivity index (χ1v) is 6.71. The number of esters is 1. The number of rotatable bonds is 3. The smallest absolute Gasteiger partial charge is 0.355 e. The van der Waals surface area contributed by atoms with E-state index in [1.165, 1.54) is 0 Å². The summed E-state index contributed by atoms with van der Waals surface area (Å²) < 4.78 is 5.04. The molecule has 19 heavy (non-hydrogen) atoms. The van der Waals surface area contributed by atoms with Crippen LogP contribution in [0.4, 0.5) is 0 Å². The molecule has 1 aliphatic heterocycles. The normalized spacial score (nSPS) is 23.2. The average molecular weight is 264 g/mol. The maximum absolute atomic E-state index is 12.1. The fourth-order valence-electron chi connectivity index (χ4n) is 2.65. The zero-order valence-electron chi connectivity index (χ0n) is 11.4. The molecule has 5 heteroatoms. The van der Waals surface area contributed by atoms with Crippen LogP contribution in [0.15, 0.2) is 18.3 Å². The summed E-state index contributed by atoms with van der Waals surface area (Å²) in [4.78, 5) is 28.4. The highest BCUT2D eigenvalue weighted by molar-refractivity contribution is 5.89. The van der Waals surface area contributed by atoms with E-state index in [2.05, 4.69) is 4.98 Å². The quantitative estimate of drug-likeness (QED) is 0.849. The number of nitrogens with zero attached hydrogens (tertiary/aromatic N) is 1. The first-order valence-electron chi connectivity index (χ1n) is 6.71. The Morgan fingerprint density at radius 1 is 1.37 bits per heavy atom. The monoisotopic (exact) mass is 264 g/mol. The van der Waals surface area contributed by atoms with Gasteiger partial charge in [0.15, 0.2) is 6.61 Å². The molecule has 2 heterocycles. The number of carbonyl (C=O) groups excluding carboxylic acids is 2. The number of piperidine rings is 1. The first kappa shape index (κ1) is 13.6. The molecule has 1 aliphatic rings. The van der Waals surface area contributed by atoms with E-state index in [0.717, 1.165) is 19.3 Å². The minimum atomic E-state index is -0.490. The van der Waals surface area contributed by atoms with Gasteiger partial charge >= 0.3 is 5.97 Å². The lowest BCUT2D eigenvalue weighted by molar-refractivity contribution is -0.140. The molecule has 1 aromatic rings. The van der Waals surface area contributed by atoms with Crippen molar-refractivity contribution in [1.29, 1.82) is 0 Å². The van der Waals surface area contributed by atoms with Gasteiger partial charge in [0.05, 0.1) is 0 Å². The fraction of sp³-hybridized carbons (Fsp3) is 0.571. The summed E-state index contributed by atoms with van der Waals surface area (Å²) >= 11 is 0. The van der Waals surface area contributed by atoms with Crippen molar-refractivity contribution in [3.05, 3.63) is 24.0 Å². The van der Waals surface area contributed by atoms with Gasteiger partial charge in [-0.2, -0.15) is 0 Å². The summed E-state index contributed by atoms with van der Waals surface area (Å²) in [5, 5.41) is 0. The van der Waals surface area contributed by atoms with Crippen molar-refractivity contribution in [3.63, 3.8) is 0 Å². The average Bonchev–Trinajstić information content (AvgIpc) is 2.89. The highest BCUT2D eigenvalue weighted by Gasteiger charge is 2.29. The number of aromatic nitrogens is 1. The minimum absolute atomic E-state index is 0.111. The van der Waals surface area contributed by atoms with Crippen LogP contribution in [0.5, 0.6) is 0 Å². The van der Waals surface area contributed by atoms with Gasteiger partial charge in [0, 0.05) is 18.3 Å². The van der Waals surface area contributed by atoms with E-state index >= 15 is 0 Å². The van der Waals surface area contributed by atoms with E-state index in [1.54, 1.807) is 18.3 Å². The van der Waals surface area contributed by atoms with Gasteiger partial charge < -0.3 is 14.6 Å². The van der Waals surface area contributed by atoms with Gasteiger partial charge in [0.2, 0.25) is 0 Å². The summed E-state index contributed by atoms with van der Waals surface area (Å²) in [5.41, 5.74) is 0.368. The van der Waals surface area contributed by atoms with Crippen LogP contribution < -0.4 is 0 Å². The summed E-state index contributed by atoms with van der Waals surface area (Å²) in [6.07, 6.45) is 4.82. The molecule has 104 valence electrons. The molecule has 1 saturated heterocycles. The minimum Gasteiger partial charge on any atom is -0.451 e. The van der Waals surface area contributed by atoms with Gasteiger partial charge in [-0.3, -0.25) is 4.79 Å². The SMILES string of the molecule is C[C@@H]1CCC[C@H](C)N1C(=O)COC(=O)c1ccc[nH]1. The van der Waals surface area contributed by atoms with E-state index in [-0.39, 0.29) is 24.6 Å². The van der Waals surface area contributed by atoms with Crippen LogP contribution in [-0.2, 0) is 9.53 Å². The summed E-state index contributed by atoms with van der Waals surface area (Å²) in [5.74, 6) is -0.602. The molecule has 1 N–H and O–H groups in total. The van der Waals surface area contributed by atoms with Crippen molar-refractivity contribution < 1.29 is 14.3 Å². The molecular weight excluding hydrogens is 244 g/mol. The number of carbonyl (C=O) groups is 2. The van der Waals surface area contributed by atoms with Gasteiger partial charge in [-0.1, -0.05) is 0 Å². The third-order valence-corrected chi connectivity index (χ3v) is 3.63. The zero-order valence-corrected chi connectivity index (χ0v) is 11.4. The number of hydrogen-bond donors (Lipinski definition) is 1. The number of H-pyrrole nitrogens is 1. The van der Waals surface area contributed by atoms with Crippen LogP contribution >= 0.6 is 0 Å². The molecule has 0 saturated carbocycles. The van der Waals surface area contributed by atoms with E-state index in [1.807, 2.05) is 18.7 Å². The van der Waals surface area contributed by atoms with Crippen molar-refractivity contribution in [3.8, 4) is 0 Å². The van der Waals surface area contributed by atoms with E-state index < -0.39 is 5.97 Å². The second kappa shape index (κ2) is 5.91. The van der Waals surface area contributed by atoms with Crippen LogP contribution in [0.3, 0.4) is 0 Å². The predicted molar refractivity (Wildman–Crippen MR) is 70.7 cm³/mol. The maximum atomic E-state index is 12.1. The Labute approximate surface area is 112 Å². The number of likely N-dealkylation sites (tertiary alicyclic amines) is 1. The number of amides is 1. The standard InChI is InChI=1S/C14H20N2O3/c1-10-5-3-6-11(2)16(10)13(17)9-19-14(18)12-7-4-8-15-12/h4,7-8,10-11,15H,3,5-6,9H2,1-2H3/t10-,11+. The molecule has 1 aromatic heterocycles. The number of nitrogens with one attached hydrogen (secondary N) is 1. The summed E-state index contributed by atoms with van der Waals surface area (Å²) in [6.45, 7) is 3.90. The molecule has 0 unspecified atom stereocenters. The molecule has 0 bridgehead atoms. The molecule has 0 aromatic carbocycles. The highest BCUT2D eigenvalue weighted by Crippen LogP contribution is 2.22. The van der Waals surface area contributed by atoms with E-state index in [4.69, 9.17) is 4.74 Å². The molecule has 0 aliphatic carbocycles. The second-order valence-electron chi connectivity index (χ2n) is 5.09. The van der Waals surface area contributed by atoms with Gasteiger partial charge in [-0.05, 0) is 45.2 Å². The van der Waals surface area contributed by atoms with Crippen LogP contribution in [0.25, 0.3) is 0 Å². The van der Waals surface area contributed by atoms with Gasteiger partial charge in [-0.15, -0.1) is 0 Å². The van der Waals surface area contributed by atoms with Crippen molar-refractivity contribution in [1.82, 2.24) is 9.88 Å². The van der Waals surface area contributed by atoms with Crippen molar-refractivity contribution in [2.75, 3.05) is 6.61 Å². The fourth-order valence-corrected chi connectivity index (χ4v) is 2.65. The molecule has 1 fully saturated rings. The number of ether oxygens (including phenoxy) is 1. The van der Waals surface area contributed by atoms with Crippen molar-refractivity contribution in [2.24, 2.45) is 0 Å². The summed E-state index contributed by atoms with van der Waals surface area (Å²) in [6, 6.07) is 3.78. The second-order valence-corrected chi connectivity index (χ2v) is 5.09. The topological polar surface area (TPSA) is 62.4 Å². The number of hydrogen-bond acceptors (Lipinski definition) is 3. The lowest BCUT2D eigenvalue weighted by atomic mass is 9.97. The lowest BCUT2D eigenvalue weighted by Gasteiger charge is -2.38. The Morgan fingerprint density at radius 2 is 2.05 bits per heavy atom. The molecule has 0 spiro atoms. The Morgan fingerprint density at radius 3 is 2.63 bits per heavy atom. The summed E-state index contributed by atoms with van der Waals surface area (Å²) in [7, 11) is 0. The van der Waals surface area contributed by atoms with Crippen molar-refractivity contribution in [2.45, 2.75) is 45.2 Å². The molecular formula is C14H20N2O3. The third kappa shape index (κ3) is 3.16. The number of aromatic amines is 1. The molecule has 2 atom stereocenters. The van der Waals surface area contributed by atoms with Crippen molar-refractivity contribution >= 4 is 11.9 Å². The largest absolute Gasteiger partial charge is 0.451 e. The Balaban J connectivity index is 1.88. The molecule has 1 amide bonds. The van der Waals surface area contributed by atoms with Gasteiger partial charge in [0.1, 0.15) is 5.69 Å². The van der Waals surface area contributed by atoms with Crippen LogP contribution in [0, 0.1) is 0 Å². The molecule has 2 rings (SSSR count). The molecule has 0 radical (unpaired) electrons. The zero-order chi connectivity index (χ0) is 13.8. The molecule has 5 nitrogen and oxygen atoms in total. The van der Waals surface area contributed by atoms with E-state index in [9.17, 15) is 9.59 Å². The van der Waals surface area contributed by atoms with Gasteiger partial charge in [0.25, 0.3) is 5.91 Å². The lowest BCUT2D eigenvalue weighted by Crippen LogP contribution is -2.49. The maximum Gasteiger partial charge on any atom is 0.355 e. The van der Waals surface area contributed by atoms with Crippen LogP contribution in [0.1, 0.15) is 43.6 Å². The Kier molecular flexibility index (Phi) is 4.24. The van der Waals surface area contributed by atoms with E-state index in [0.29, 0.717) is 5.69 Å². The Bertz CT molecular complexity index is 432. The Hall–Kier alpha value is -1.78. The van der Waals surface area contributed by atoms with Crippen LogP contribution in [-0.4, -0.2) is 40.5 Å². The first-order chi connectivity index (χ1) is 9.09. The van der Waals surface area contributed by atoms with Crippen LogP contribution in [0.2, 0.25) is 0 Å². The van der Waals surface area contributed by atoms with Gasteiger partial charge in [-0.25, -0.2) is 4.79 Å². The third-order valence-electron chi connectivity index (χ3n) is 3.63.